The van der Waals surface area contributed by atoms with E-state index in [9.17, 15) is 4.79 Å². The summed E-state index contributed by atoms with van der Waals surface area (Å²) >= 11 is 0. The highest BCUT2D eigenvalue weighted by Gasteiger charge is 2.18. The third-order valence-corrected chi connectivity index (χ3v) is 3.95. The Balaban J connectivity index is 1.84. The Hall–Kier alpha value is -3.55. The first-order valence-corrected chi connectivity index (χ1v) is 9.48. The smallest absolute Gasteiger partial charge is 0.255 e. The van der Waals surface area contributed by atoms with Gasteiger partial charge in [0.2, 0.25) is 5.75 Å². The molecule has 1 N–H and O–H groups in total. The van der Waals surface area contributed by atoms with Crippen molar-refractivity contribution in [3.8, 4) is 23.1 Å². The van der Waals surface area contributed by atoms with Crippen LogP contribution in [0.2, 0.25) is 0 Å². The van der Waals surface area contributed by atoms with Crippen LogP contribution in [0.1, 0.15) is 31.1 Å². The number of ether oxygens (including phenoxy) is 3. The summed E-state index contributed by atoms with van der Waals surface area (Å²) in [5.74, 6) is 1.85. The highest BCUT2D eigenvalue weighted by Crippen LogP contribution is 2.39. The second-order valence-electron chi connectivity index (χ2n) is 5.93. The number of nitrogens with one attached hydrogen (secondary N) is 1. The maximum atomic E-state index is 12.8. The van der Waals surface area contributed by atoms with E-state index in [1.165, 1.54) is 0 Å². The molecule has 1 amide bonds. The Morgan fingerprint density at radius 3 is 2.24 bits per heavy atom. The number of rotatable bonds is 9. The van der Waals surface area contributed by atoms with Crippen molar-refractivity contribution < 1.29 is 19.0 Å². The van der Waals surface area contributed by atoms with Crippen LogP contribution in [-0.2, 0) is 0 Å². The van der Waals surface area contributed by atoms with Crippen LogP contribution in [0.3, 0.4) is 0 Å². The second kappa shape index (κ2) is 9.59. The van der Waals surface area contributed by atoms with E-state index in [1.807, 2.05) is 20.8 Å². The molecule has 0 aliphatic rings. The van der Waals surface area contributed by atoms with Crippen LogP contribution in [0.25, 0.3) is 5.82 Å². The van der Waals surface area contributed by atoms with Crippen molar-refractivity contribution in [2.75, 3.05) is 25.1 Å². The minimum absolute atomic E-state index is 0.299. The molecule has 29 heavy (non-hydrogen) atoms. The van der Waals surface area contributed by atoms with E-state index in [-0.39, 0.29) is 5.91 Å². The monoisotopic (exact) mass is 396 g/mol. The molecule has 0 fully saturated rings. The average Bonchev–Trinajstić information content (AvgIpc) is 3.26. The predicted octanol–water partition coefficient (Wildman–Crippen LogP) is 3.72. The fourth-order valence-corrected chi connectivity index (χ4v) is 2.73. The molecule has 0 saturated heterocycles. The Morgan fingerprint density at radius 1 is 1.03 bits per heavy atom. The zero-order chi connectivity index (χ0) is 20.6. The number of amides is 1. The predicted molar refractivity (Wildman–Crippen MR) is 109 cm³/mol. The van der Waals surface area contributed by atoms with Gasteiger partial charge in [0.15, 0.2) is 11.5 Å². The highest BCUT2D eigenvalue weighted by atomic mass is 16.5. The summed E-state index contributed by atoms with van der Waals surface area (Å²) in [6.07, 6.45) is 6.72. The fraction of sp³-hybridized carbons (Fsp3) is 0.286. The maximum Gasteiger partial charge on any atom is 0.255 e. The van der Waals surface area contributed by atoms with Crippen LogP contribution in [0, 0.1) is 0 Å². The number of imidazole rings is 1. The Bertz CT molecular complexity index is 913. The summed E-state index contributed by atoms with van der Waals surface area (Å²) < 4.78 is 18.8. The quantitative estimate of drug-likeness (QED) is 0.593. The Labute approximate surface area is 169 Å². The average molecular weight is 396 g/mol. The topological polar surface area (TPSA) is 87.5 Å². The molecule has 0 radical (unpaired) electrons. The number of anilines is 1. The number of aromatic nitrogens is 3. The summed E-state index contributed by atoms with van der Waals surface area (Å²) in [7, 11) is 0. The lowest BCUT2D eigenvalue weighted by Crippen LogP contribution is -2.13. The fourth-order valence-electron chi connectivity index (χ4n) is 2.73. The van der Waals surface area contributed by atoms with E-state index < -0.39 is 0 Å². The standard InChI is InChI=1S/C21H24N4O4/c1-4-27-17-11-15(12-18(28-5-2)20(17)29-6-3)21(26)24-16-7-8-19(23-13-16)25-10-9-22-14-25/h7-14H,4-6H2,1-3H3,(H,24,26). The molecule has 3 aromatic rings. The minimum atomic E-state index is -0.299. The van der Waals surface area contributed by atoms with E-state index in [0.717, 1.165) is 0 Å². The molecule has 0 saturated carbocycles. The van der Waals surface area contributed by atoms with Gasteiger partial charge in [-0.25, -0.2) is 9.97 Å². The number of nitrogens with zero attached hydrogens (tertiary/aromatic N) is 3. The normalized spacial score (nSPS) is 10.4. The van der Waals surface area contributed by atoms with Gasteiger partial charge in [0.25, 0.3) is 5.91 Å². The van der Waals surface area contributed by atoms with Crippen LogP contribution >= 0.6 is 0 Å². The summed E-state index contributed by atoms with van der Waals surface area (Å²) in [5.41, 5.74) is 0.975. The van der Waals surface area contributed by atoms with Crippen LogP contribution in [-0.4, -0.2) is 40.3 Å². The van der Waals surface area contributed by atoms with E-state index in [1.54, 1.807) is 53.8 Å². The van der Waals surface area contributed by atoms with Gasteiger partial charge in [0, 0.05) is 18.0 Å². The first kappa shape index (κ1) is 20.2. The zero-order valence-electron chi connectivity index (χ0n) is 16.7. The Kier molecular flexibility index (Phi) is 6.67. The van der Waals surface area contributed by atoms with Crippen LogP contribution in [0.5, 0.6) is 17.2 Å². The van der Waals surface area contributed by atoms with E-state index in [4.69, 9.17) is 14.2 Å². The number of benzene rings is 1. The first-order valence-electron chi connectivity index (χ1n) is 9.48. The molecular formula is C21H24N4O4. The van der Waals surface area contributed by atoms with E-state index >= 15 is 0 Å². The van der Waals surface area contributed by atoms with Crippen molar-refractivity contribution in [2.45, 2.75) is 20.8 Å². The molecule has 0 aliphatic heterocycles. The van der Waals surface area contributed by atoms with Crippen molar-refractivity contribution in [2.24, 2.45) is 0 Å². The number of pyridine rings is 1. The lowest BCUT2D eigenvalue weighted by Gasteiger charge is -2.17. The van der Waals surface area contributed by atoms with Crippen LogP contribution in [0.4, 0.5) is 5.69 Å². The third kappa shape index (κ3) is 4.84. The first-order chi connectivity index (χ1) is 14.2. The number of hydrogen-bond acceptors (Lipinski definition) is 6. The van der Waals surface area contributed by atoms with Gasteiger partial charge in [-0.1, -0.05) is 0 Å². The number of carbonyl (C=O) groups is 1. The van der Waals surface area contributed by atoms with Gasteiger partial charge in [-0.15, -0.1) is 0 Å². The number of carbonyl (C=O) groups excluding carboxylic acids is 1. The molecule has 8 nitrogen and oxygen atoms in total. The molecule has 2 aromatic heterocycles. The molecule has 0 spiro atoms. The van der Waals surface area contributed by atoms with E-state index in [0.29, 0.717) is 54.1 Å². The molecule has 8 heteroatoms. The zero-order valence-corrected chi connectivity index (χ0v) is 16.7. The third-order valence-electron chi connectivity index (χ3n) is 3.95. The maximum absolute atomic E-state index is 12.8. The summed E-state index contributed by atoms with van der Waals surface area (Å²) in [6.45, 7) is 6.96. The lowest BCUT2D eigenvalue weighted by molar-refractivity contribution is 0.102. The molecule has 0 unspecified atom stereocenters. The van der Waals surface area contributed by atoms with E-state index in [2.05, 4.69) is 15.3 Å². The largest absolute Gasteiger partial charge is 0.490 e. The molecular weight excluding hydrogens is 372 g/mol. The molecule has 152 valence electrons. The minimum Gasteiger partial charge on any atom is -0.490 e. The van der Waals surface area contributed by atoms with Crippen LogP contribution < -0.4 is 19.5 Å². The summed E-state index contributed by atoms with van der Waals surface area (Å²) in [5, 5.41) is 2.84. The Morgan fingerprint density at radius 2 is 1.72 bits per heavy atom. The van der Waals surface area contributed by atoms with Crippen molar-refractivity contribution in [3.05, 3.63) is 54.7 Å². The van der Waals surface area contributed by atoms with Gasteiger partial charge in [-0.3, -0.25) is 9.36 Å². The van der Waals surface area contributed by atoms with Gasteiger partial charge < -0.3 is 19.5 Å². The van der Waals surface area contributed by atoms with Gasteiger partial charge in [-0.05, 0) is 45.0 Å². The summed E-state index contributed by atoms with van der Waals surface area (Å²) in [4.78, 5) is 21.1. The molecule has 1 aromatic carbocycles. The van der Waals surface area contributed by atoms with Crippen LogP contribution in [0.15, 0.2) is 49.2 Å². The van der Waals surface area contributed by atoms with Gasteiger partial charge in [0.05, 0.1) is 31.7 Å². The molecule has 2 heterocycles. The molecule has 0 aliphatic carbocycles. The van der Waals surface area contributed by atoms with Gasteiger partial charge >= 0.3 is 0 Å². The van der Waals surface area contributed by atoms with Crippen molar-refractivity contribution in [1.29, 1.82) is 0 Å². The lowest BCUT2D eigenvalue weighted by atomic mass is 10.1. The van der Waals surface area contributed by atoms with Crippen molar-refractivity contribution in [1.82, 2.24) is 14.5 Å². The van der Waals surface area contributed by atoms with Crippen molar-refractivity contribution in [3.63, 3.8) is 0 Å². The molecule has 3 rings (SSSR count). The highest BCUT2D eigenvalue weighted by molar-refractivity contribution is 6.05. The van der Waals surface area contributed by atoms with Gasteiger partial charge in [-0.2, -0.15) is 0 Å². The van der Waals surface area contributed by atoms with Gasteiger partial charge in [0.1, 0.15) is 12.1 Å². The second-order valence-corrected chi connectivity index (χ2v) is 5.93. The molecule has 0 atom stereocenters. The SMILES string of the molecule is CCOc1cc(C(=O)Nc2ccc(-n3ccnc3)nc2)cc(OCC)c1OCC. The molecule has 0 bridgehead atoms. The summed E-state index contributed by atoms with van der Waals surface area (Å²) in [6, 6.07) is 6.88. The number of hydrogen-bond donors (Lipinski definition) is 1. The van der Waals surface area contributed by atoms with Crippen molar-refractivity contribution >= 4 is 11.6 Å².